The summed E-state index contributed by atoms with van der Waals surface area (Å²) < 4.78 is 5.39. The molecule has 1 heterocycles. The Hall–Kier alpha value is -2.06. The summed E-state index contributed by atoms with van der Waals surface area (Å²) in [6.07, 6.45) is 8.27. The van der Waals surface area contributed by atoms with Gasteiger partial charge in [0.05, 0.1) is 7.11 Å². The molecule has 2 heteroatoms. The molecular formula is C22H27NO. The number of nitrogens with zero attached hydrogens (tertiary/aromatic N) is 1. The molecule has 0 radical (unpaired) electrons. The summed E-state index contributed by atoms with van der Waals surface area (Å²) in [7, 11) is 1.73. The molecule has 24 heavy (non-hydrogen) atoms. The monoisotopic (exact) mass is 321 g/mol. The fraction of sp³-hybridized carbons (Fsp3) is 0.364. The van der Waals surface area contributed by atoms with Gasteiger partial charge in [-0.05, 0) is 49.9 Å². The van der Waals surface area contributed by atoms with E-state index in [1.165, 1.54) is 37.9 Å². The molecule has 0 saturated carbocycles. The molecule has 0 N–H and O–H groups in total. The lowest BCUT2D eigenvalue weighted by molar-refractivity contribution is 0.200. The van der Waals surface area contributed by atoms with E-state index in [9.17, 15) is 0 Å². The van der Waals surface area contributed by atoms with Gasteiger partial charge in [-0.1, -0.05) is 60.7 Å². The minimum atomic E-state index is 0.835. The van der Waals surface area contributed by atoms with Crippen LogP contribution in [0.3, 0.4) is 0 Å². The van der Waals surface area contributed by atoms with E-state index < -0.39 is 0 Å². The number of benzene rings is 2. The molecule has 0 spiro atoms. The molecule has 1 fully saturated rings. The third kappa shape index (κ3) is 4.72. The average Bonchev–Trinajstić information content (AvgIpc) is 2.64. The molecule has 2 nitrogen and oxygen atoms in total. The van der Waals surface area contributed by atoms with Gasteiger partial charge in [-0.15, -0.1) is 0 Å². The summed E-state index contributed by atoms with van der Waals surface area (Å²) in [6, 6.07) is 19.1. The average molecular weight is 321 g/mol. The molecule has 0 unspecified atom stereocenters. The standard InChI is InChI=1S/C22H27NO/c1-24-22-12-6-5-10-21(22)11-7-15-23-16-13-20(14-17-23)18-19-8-3-2-4-9-19/h2-12,20H,13-18H2,1H3/b11-7-. The maximum atomic E-state index is 5.39. The topological polar surface area (TPSA) is 12.5 Å². The zero-order chi connectivity index (χ0) is 16.6. The van der Waals surface area contributed by atoms with Gasteiger partial charge in [0.2, 0.25) is 0 Å². The Morgan fingerprint density at radius 2 is 1.71 bits per heavy atom. The van der Waals surface area contributed by atoms with Crippen molar-refractivity contribution in [1.82, 2.24) is 4.90 Å². The van der Waals surface area contributed by atoms with Crippen molar-refractivity contribution in [2.75, 3.05) is 26.7 Å². The summed E-state index contributed by atoms with van der Waals surface area (Å²) in [5.74, 6) is 1.78. The molecule has 3 rings (SSSR count). The summed E-state index contributed by atoms with van der Waals surface area (Å²) in [6.45, 7) is 3.43. The number of piperidine rings is 1. The van der Waals surface area contributed by atoms with Crippen LogP contribution in [-0.4, -0.2) is 31.6 Å². The predicted molar refractivity (Wildman–Crippen MR) is 101 cm³/mol. The van der Waals surface area contributed by atoms with Gasteiger partial charge in [0, 0.05) is 12.1 Å². The number of likely N-dealkylation sites (tertiary alicyclic amines) is 1. The first-order valence-electron chi connectivity index (χ1n) is 8.91. The van der Waals surface area contributed by atoms with E-state index in [0.29, 0.717) is 0 Å². The quantitative estimate of drug-likeness (QED) is 0.767. The SMILES string of the molecule is COc1ccccc1/C=C\CN1CCC(Cc2ccccc2)CC1. The van der Waals surface area contributed by atoms with Crippen LogP contribution in [0.15, 0.2) is 60.7 Å². The first kappa shape index (κ1) is 16.8. The highest BCUT2D eigenvalue weighted by Gasteiger charge is 2.18. The Labute approximate surface area is 145 Å². The third-order valence-electron chi connectivity index (χ3n) is 4.87. The van der Waals surface area contributed by atoms with Gasteiger partial charge in [-0.25, -0.2) is 0 Å². The predicted octanol–water partition coefficient (Wildman–Crippen LogP) is 4.66. The van der Waals surface area contributed by atoms with Gasteiger partial charge in [0.25, 0.3) is 0 Å². The molecule has 2 aromatic rings. The van der Waals surface area contributed by atoms with Crippen molar-refractivity contribution in [3.63, 3.8) is 0 Å². The van der Waals surface area contributed by atoms with E-state index in [1.807, 2.05) is 12.1 Å². The van der Waals surface area contributed by atoms with Crippen LogP contribution in [0.2, 0.25) is 0 Å². The highest BCUT2D eigenvalue weighted by molar-refractivity contribution is 5.57. The van der Waals surface area contributed by atoms with Gasteiger partial charge >= 0.3 is 0 Å². The lowest BCUT2D eigenvalue weighted by atomic mass is 9.90. The molecule has 0 atom stereocenters. The van der Waals surface area contributed by atoms with Crippen LogP contribution in [0, 0.1) is 5.92 Å². The van der Waals surface area contributed by atoms with Crippen molar-refractivity contribution in [2.45, 2.75) is 19.3 Å². The highest BCUT2D eigenvalue weighted by atomic mass is 16.5. The molecule has 126 valence electrons. The van der Waals surface area contributed by atoms with E-state index in [-0.39, 0.29) is 0 Å². The Morgan fingerprint density at radius 3 is 2.46 bits per heavy atom. The molecule has 1 saturated heterocycles. The van der Waals surface area contributed by atoms with E-state index >= 15 is 0 Å². The van der Waals surface area contributed by atoms with Crippen LogP contribution in [0.5, 0.6) is 5.75 Å². The summed E-state index contributed by atoms with van der Waals surface area (Å²) in [4.78, 5) is 2.55. The van der Waals surface area contributed by atoms with Crippen LogP contribution in [0.4, 0.5) is 0 Å². The second kappa shape index (κ2) is 8.70. The van der Waals surface area contributed by atoms with Crippen molar-refractivity contribution < 1.29 is 4.74 Å². The number of para-hydroxylation sites is 1. The summed E-state index contributed by atoms with van der Waals surface area (Å²) in [5, 5.41) is 0. The number of hydrogen-bond acceptors (Lipinski definition) is 2. The minimum absolute atomic E-state index is 0.835. The first-order valence-corrected chi connectivity index (χ1v) is 8.91. The summed E-state index contributed by atoms with van der Waals surface area (Å²) in [5.41, 5.74) is 2.63. The first-order chi connectivity index (χ1) is 11.8. The number of hydrogen-bond donors (Lipinski definition) is 0. The van der Waals surface area contributed by atoms with E-state index in [1.54, 1.807) is 7.11 Å². The maximum Gasteiger partial charge on any atom is 0.126 e. The molecule has 1 aliphatic heterocycles. The van der Waals surface area contributed by atoms with Gasteiger partial charge in [-0.2, -0.15) is 0 Å². The third-order valence-corrected chi connectivity index (χ3v) is 4.87. The molecule has 0 aliphatic carbocycles. The van der Waals surface area contributed by atoms with E-state index in [4.69, 9.17) is 4.74 Å². The minimum Gasteiger partial charge on any atom is -0.496 e. The maximum absolute atomic E-state index is 5.39. The van der Waals surface area contributed by atoms with Crippen molar-refractivity contribution in [3.8, 4) is 5.75 Å². The van der Waals surface area contributed by atoms with Crippen LogP contribution in [-0.2, 0) is 6.42 Å². The second-order valence-electron chi connectivity index (χ2n) is 6.58. The van der Waals surface area contributed by atoms with Crippen LogP contribution < -0.4 is 4.74 Å². The fourth-order valence-corrected chi connectivity index (χ4v) is 3.45. The highest BCUT2D eigenvalue weighted by Crippen LogP contribution is 2.22. The van der Waals surface area contributed by atoms with Gasteiger partial charge < -0.3 is 4.74 Å². The lowest BCUT2D eigenvalue weighted by Crippen LogP contribution is -2.34. The Balaban J connectivity index is 1.45. The molecule has 0 aromatic heterocycles. The normalized spacial score (nSPS) is 16.5. The zero-order valence-corrected chi connectivity index (χ0v) is 14.5. The van der Waals surface area contributed by atoms with Crippen molar-refractivity contribution >= 4 is 6.08 Å². The zero-order valence-electron chi connectivity index (χ0n) is 14.5. The number of rotatable bonds is 6. The Kier molecular flexibility index (Phi) is 6.08. The van der Waals surface area contributed by atoms with Gasteiger partial charge in [0.1, 0.15) is 5.75 Å². The molecule has 1 aliphatic rings. The molecule has 0 bridgehead atoms. The number of ether oxygens (including phenoxy) is 1. The van der Waals surface area contributed by atoms with Crippen LogP contribution in [0.25, 0.3) is 6.08 Å². The largest absolute Gasteiger partial charge is 0.496 e. The van der Waals surface area contributed by atoms with Gasteiger partial charge in [0.15, 0.2) is 0 Å². The summed E-state index contributed by atoms with van der Waals surface area (Å²) >= 11 is 0. The van der Waals surface area contributed by atoms with E-state index in [0.717, 1.165) is 23.8 Å². The number of methoxy groups -OCH3 is 1. The fourth-order valence-electron chi connectivity index (χ4n) is 3.45. The van der Waals surface area contributed by atoms with Crippen LogP contribution >= 0.6 is 0 Å². The molecule has 2 aromatic carbocycles. The second-order valence-corrected chi connectivity index (χ2v) is 6.58. The lowest BCUT2D eigenvalue weighted by Gasteiger charge is -2.31. The smallest absolute Gasteiger partial charge is 0.126 e. The van der Waals surface area contributed by atoms with Crippen molar-refractivity contribution in [1.29, 1.82) is 0 Å². The molecular weight excluding hydrogens is 294 g/mol. The van der Waals surface area contributed by atoms with Crippen molar-refractivity contribution in [2.24, 2.45) is 5.92 Å². The van der Waals surface area contributed by atoms with Gasteiger partial charge in [-0.3, -0.25) is 4.90 Å². The van der Waals surface area contributed by atoms with Crippen molar-refractivity contribution in [3.05, 3.63) is 71.8 Å². The Morgan fingerprint density at radius 1 is 1.00 bits per heavy atom. The molecule has 0 amide bonds. The van der Waals surface area contributed by atoms with E-state index in [2.05, 4.69) is 59.5 Å². The van der Waals surface area contributed by atoms with Crippen LogP contribution in [0.1, 0.15) is 24.0 Å². The Bertz CT molecular complexity index is 642.